The lowest BCUT2D eigenvalue weighted by Gasteiger charge is -2.25. The highest BCUT2D eigenvalue weighted by atomic mass is 32.2. The van der Waals surface area contributed by atoms with Gasteiger partial charge in [-0.05, 0) is 5.92 Å². The maximum atomic E-state index is 11.6. The van der Waals surface area contributed by atoms with Gasteiger partial charge in [0, 0.05) is 0 Å². The maximum Gasteiger partial charge on any atom is 0.327 e. The van der Waals surface area contributed by atoms with E-state index < -0.39 is 17.9 Å². The van der Waals surface area contributed by atoms with Crippen LogP contribution in [0, 0.1) is 5.92 Å². The second-order valence-corrected chi connectivity index (χ2v) is 5.22. The number of hydrogen-bond acceptors (Lipinski definition) is 4. The summed E-state index contributed by atoms with van der Waals surface area (Å²) >= 11 is 6.00. The van der Waals surface area contributed by atoms with Crippen molar-refractivity contribution >= 4 is 40.2 Å². The monoisotopic (exact) mass is 245 g/mol. The average Bonchev–Trinajstić information content (AvgIpc) is 2.31. The van der Waals surface area contributed by atoms with Crippen molar-refractivity contribution in [2.24, 2.45) is 5.92 Å². The molecule has 1 aliphatic heterocycles. The van der Waals surface area contributed by atoms with Gasteiger partial charge in [0.1, 0.15) is 10.4 Å². The van der Waals surface area contributed by atoms with Gasteiger partial charge in [-0.3, -0.25) is 9.69 Å². The van der Waals surface area contributed by atoms with E-state index in [1.807, 2.05) is 0 Å². The van der Waals surface area contributed by atoms with E-state index in [2.05, 4.69) is 6.58 Å². The molecule has 6 heteroatoms. The first-order valence-corrected chi connectivity index (χ1v) is 5.55. The summed E-state index contributed by atoms with van der Waals surface area (Å²) in [5, 5.41) is 9.03. The second-order valence-electron chi connectivity index (χ2n) is 3.49. The summed E-state index contributed by atoms with van der Waals surface area (Å²) in [6, 6.07) is -0.906. The first-order chi connectivity index (χ1) is 6.86. The third-order valence-corrected chi connectivity index (χ3v) is 3.27. The van der Waals surface area contributed by atoms with Crippen LogP contribution in [0.2, 0.25) is 0 Å². The van der Waals surface area contributed by atoms with Gasteiger partial charge in [-0.1, -0.05) is 44.4 Å². The minimum Gasteiger partial charge on any atom is -0.480 e. The van der Waals surface area contributed by atoms with Crippen LogP contribution in [0.1, 0.15) is 13.8 Å². The Morgan fingerprint density at radius 2 is 2.13 bits per heavy atom. The second kappa shape index (κ2) is 4.32. The molecule has 1 rings (SSSR count). The molecule has 1 fully saturated rings. The fourth-order valence-electron chi connectivity index (χ4n) is 1.35. The molecule has 0 aliphatic carbocycles. The van der Waals surface area contributed by atoms with Gasteiger partial charge in [-0.25, -0.2) is 4.79 Å². The molecule has 0 bridgehead atoms. The molecule has 1 heterocycles. The van der Waals surface area contributed by atoms with E-state index in [0.717, 1.165) is 16.7 Å². The van der Waals surface area contributed by atoms with E-state index in [0.29, 0.717) is 0 Å². The molecule has 1 atom stereocenters. The summed E-state index contributed by atoms with van der Waals surface area (Å²) in [6.07, 6.45) is 0. The highest BCUT2D eigenvalue weighted by Gasteiger charge is 2.40. The third kappa shape index (κ3) is 2.21. The third-order valence-electron chi connectivity index (χ3n) is 2.03. The number of carboxylic acid groups (broad SMARTS) is 1. The van der Waals surface area contributed by atoms with E-state index in [-0.39, 0.29) is 15.1 Å². The quantitative estimate of drug-likeness (QED) is 0.602. The molecule has 0 radical (unpaired) electrons. The fourth-order valence-corrected chi connectivity index (χ4v) is 2.54. The number of carbonyl (C=O) groups is 2. The Labute approximate surface area is 97.3 Å². The van der Waals surface area contributed by atoms with Gasteiger partial charge >= 0.3 is 5.97 Å². The van der Waals surface area contributed by atoms with Crippen molar-refractivity contribution in [3.63, 3.8) is 0 Å². The lowest BCUT2D eigenvalue weighted by molar-refractivity contribution is -0.146. The summed E-state index contributed by atoms with van der Waals surface area (Å²) < 4.78 is 0.270. The molecule has 82 valence electrons. The molecule has 0 saturated carbocycles. The van der Waals surface area contributed by atoms with Crippen LogP contribution < -0.4 is 0 Å². The number of carboxylic acids is 1. The van der Waals surface area contributed by atoms with Crippen molar-refractivity contribution < 1.29 is 14.7 Å². The first-order valence-electron chi connectivity index (χ1n) is 4.33. The van der Waals surface area contributed by atoms with Gasteiger partial charge in [0.2, 0.25) is 0 Å². The van der Waals surface area contributed by atoms with Crippen LogP contribution in [0.5, 0.6) is 0 Å². The molecule has 15 heavy (non-hydrogen) atoms. The van der Waals surface area contributed by atoms with Gasteiger partial charge in [-0.2, -0.15) is 0 Å². The Balaban J connectivity index is 3.04. The van der Waals surface area contributed by atoms with Crippen molar-refractivity contribution in [1.29, 1.82) is 0 Å². The topological polar surface area (TPSA) is 57.6 Å². The SMILES string of the molecule is C=C1SC(=S)N(C(C(=O)O)C(C)C)C1=O. The average molecular weight is 245 g/mol. The number of aliphatic carboxylic acids is 1. The fraction of sp³-hybridized carbons (Fsp3) is 0.444. The number of thioether (sulfide) groups is 1. The predicted molar refractivity (Wildman–Crippen MR) is 62.4 cm³/mol. The molecular weight excluding hydrogens is 234 g/mol. The van der Waals surface area contributed by atoms with Crippen LogP contribution in [-0.2, 0) is 9.59 Å². The Hall–Kier alpha value is -0.880. The molecule has 0 aromatic heterocycles. The highest BCUT2D eigenvalue weighted by Crippen LogP contribution is 2.32. The van der Waals surface area contributed by atoms with Gasteiger partial charge in [0.05, 0.1) is 4.91 Å². The van der Waals surface area contributed by atoms with E-state index >= 15 is 0 Å². The van der Waals surface area contributed by atoms with Crippen molar-refractivity contribution in [3.8, 4) is 0 Å². The number of nitrogens with zero attached hydrogens (tertiary/aromatic N) is 1. The molecule has 4 nitrogen and oxygen atoms in total. The Bertz CT molecular complexity index is 351. The van der Waals surface area contributed by atoms with Crippen molar-refractivity contribution in [2.45, 2.75) is 19.9 Å². The van der Waals surface area contributed by atoms with E-state index in [4.69, 9.17) is 17.3 Å². The molecule has 0 aromatic rings. The van der Waals surface area contributed by atoms with Crippen molar-refractivity contribution in [1.82, 2.24) is 4.90 Å². The zero-order chi connectivity index (χ0) is 11.7. The van der Waals surface area contributed by atoms with Gasteiger partial charge in [0.15, 0.2) is 0 Å². The van der Waals surface area contributed by atoms with Crippen LogP contribution in [0.25, 0.3) is 0 Å². The molecule has 0 aromatic carbocycles. The standard InChI is InChI=1S/C9H11NO3S2/c1-4(2)6(8(12)13)10-7(11)5(3)15-9(10)14/h4,6H,3H2,1-2H3,(H,12,13). The molecule has 1 aliphatic rings. The van der Waals surface area contributed by atoms with Crippen LogP contribution in [0.3, 0.4) is 0 Å². The normalized spacial score (nSPS) is 18.9. The van der Waals surface area contributed by atoms with E-state index in [1.165, 1.54) is 0 Å². The van der Waals surface area contributed by atoms with Crippen molar-refractivity contribution in [3.05, 3.63) is 11.5 Å². The molecule has 1 N–H and O–H groups in total. The maximum absolute atomic E-state index is 11.6. The van der Waals surface area contributed by atoms with E-state index in [9.17, 15) is 9.59 Å². The minimum absolute atomic E-state index is 0.198. The smallest absolute Gasteiger partial charge is 0.327 e. The van der Waals surface area contributed by atoms with Gasteiger partial charge in [0.25, 0.3) is 5.91 Å². The van der Waals surface area contributed by atoms with E-state index in [1.54, 1.807) is 13.8 Å². The zero-order valence-corrected chi connectivity index (χ0v) is 10.0. The Morgan fingerprint density at radius 1 is 1.60 bits per heavy atom. The summed E-state index contributed by atoms with van der Waals surface area (Å²) in [6.45, 7) is 7.00. The minimum atomic E-state index is -1.05. The van der Waals surface area contributed by atoms with Crippen LogP contribution in [0.4, 0.5) is 0 Å². The lowest BCUT2D eigenvalue weighted by Crippen LogP contribution is -2.46. The number of hydrogen-bond donors (Lipinski definition) is 1. The zero-order valence-electron chi connectivity index (χ0n) is 8.39. The van der Waals surface area contributed by atoms with Crippen molar-refractivity contribution in [2.75, 3.05) is 0 Å². The van der Waals surface area contributed by atoms with Crippen LogP contribution in [-0.4, -0.2) is 32.2 Å². The number of carbonyl (C=O) groups excluding carboxylic acids is 1. The first kappa shape index (κ1) is 12.2. The number of thiocarbonyl (C=S) groups is 1. The predicted octanol–water partition coefficient (Wildman–Crippen LogP) is 1.47. The summed E-state index contributed by atoms with van der Waals surface area (Å²) in [5.74, 6) is -1.64. The highest BCUT2D eigenvalue weighted by molar-refractivity contribution is 8.26. The summed E-state index contributed by atoms with van der Waals surface area (Å²) in [5.41, 5.74) is 0. The Morgan fingerprint density at radius 3 is 2.40 bits per heavy atom. The molecule has 1 unspecified atom stereocenters. The summed E-state index contributed by atoms with van der Waals surface area (Å²) in [4.78, 5) is 24.1. The lowest BCUT2D eigenvalue weighted by atomic mass is 10.0. The van der Waals surface area contributed by atoms with Crippen LogP contribution in [0.15, 0.2) is 11.5 Å². The largest absolute Gasteiger partial charge is 0.480 e. The number of amides is 1. The Kier molecular flexibility index (Phi) is 3.51. The molecular formula is C9H11NO3S2. The van der Waals surface area contributed by atoms with Gasteiger partial charge < -0.3 is 5.11 Å². The molecule has 1 saturated heterocycles. The van der Waals surface area contributed by atoms with Gasteiger partial charge in [-0.15, -0.1) is 0 Å². The summed E-state index contributed by atoms with van der Waals surface area (Å²) in [7, 11) is 0. The molecule has 0 spiro atoms. The van der Waals surface area contributed by atoms with Crippen LogP contribution >= 0.6 is 24.0 Å². The number of rotatable bonds is 3. The molecule has 1 amide bonds.